The van der Waals surface area contributed by atoms with Crippen LogP contribution in [0.1, 0.15) is 39.4 Å². The number of rotatable bonds is 6. The van der Waals surface area contributed by atoms with Gasteiger partial charge < -0.3 is 16.0 Å². The second-order valence-corrected chi connectivity index (χ2v) is 5.19. The lowest BCUT2D eigenvalue weighted by atomic mass is 10.2. The van der Waals surface area contributed by atoms with Gasteiger partial charge in [-0.3, -0.25) is 0 Å². The quantitative estimate of drug-likeness (QED) is 0.808. The smallest absolute Gasteiger partial charge is 0.135 e. The maximum atomic E-state index is 5.78. The van der Waals surface area contributed by atoms with Crippen LogP contribution >= 0.6 is 0 Å². The van der Waals surface area contributed by atoms with Crippen LogP contribution in [0.25, 0.3) is 0 Å². The van der Waals surface area contributed by atoms with Crippen molar-refractivity contribution in [2.45, 2.75) is 39.7 Å². The van der Waals surface area contributed by atoms with Gasteiger partial charge in [0.05, 0.1) is 0 Å². The van der Waals surface area contributed by atoms with E-state index in [2.05, 4.69) is 54.9 Å². The molecule has 0 spiro atoms. The van der Waals surface area contributed by atoms with E-state index in [1.54, 1.807) is 6.07 Å². The number of aromatic nitrogens is 2. The molecular weight excluding hydrogens is 226 g/mol. The zero-order chi connectivity index (χ0) is 13.7. The number of likely N-dealkylation sites (N-methyl/N-ethyl adjacent to an activating group) is 1. The predicted octanol–water partition coefficient (Wildman–Crippen LogP) is 1.93. The van der Waals surface area contributed by atoms with Gasteiger partial charge in [0, 0.05) is 31.1 Å². The molecular formula is C13H25N5. The van der Waals surface area contributed by atoms with Crippen molar-refractivity contribution in [2.24, 2.45) is 0 Å². The number of nitrogens with zero attached hydrogens (tertiary/aromatic N) is 3. The molecule has 3 N–H and O–H groups in total. The van der Waals surface area contributed by atoms with E-state index in [0.717, 1.165) is 24.7 Å². The van der Waals surface area contributed by atoms with E-state index in [0.29, 0.717) is 11.9 Å². The fourth-order valence-electron chi connectivity index (χ4n) is 1.45. The highest BCUT2D eigenvalue weighted by Crippen LogP contribution is 2.14. The second kappa shape index (κ2) is 6.54. The minimum atomic E-state index is 0.285. The molecule has 0 aliphatic heterocycles. The highest BCUT2D eigenvalue weighted by Gasteiger charge is 2.07. The highest BCUT2D eigenvalue weighted by atomic mass is 15.1. The minimum Gasteiger partial charge on any atom is -0.384 e. The number of anilines is 2. The van der Waals surface area contributed by atoms with Gasteiger partial charge in [-0.2, -0.15) is 0 Å². The Balaban J connectivity index is 2.57. The first-order valence-corrected chi connectivity index (χ1v) is 6.48. The van der Waals surface area contributed by atoms with Gasteiger partial charge in [0.1, 0.15) is 17.5 Å². The van der Waals surface area contributed by atoms with Crippen LogP contribution in [0.2, 0.25) is 0 Å². The standard InChI is InChI=1S/C13H25N5/c1-9(2)13-16-11(14)8-12(17-13)15-6-7-18(5)10(3)4/h8-10H,6-7H2,1-5H3,(H3,14,15,16,17). The fraction of sp³-hybridized carbons (Fsp3) is 0.692. The van der Waals surface area contributed by atoms with Crippen molar-refractivity contribution in [1.82, 2.24) is 14.9 Å². The molecule has 0 bridgehead atoms. The van der Waals surface area contributed by atoms with Gasteiger partial charge in [-0.15, -0.1) is 0 Å². The van der Waals surface area contributed by atoms with Crippen molar-refractivity contribution in [2.75, 3.05) is 31.2 Å². The van der Waals surface area contributed by atoms with E-state index in [4.69, 9.17) is 5.73 Å². The molecule has 0 aliphatic carbocycles. The lowest BCUT2D eigenvalue weighted by Crippen LogP contribution is -2.31. The first-order valence-electron chi connectivity index (χ1n) is 6.48. The van der Waals surface area contributed by atoms with Crippen LogP contribution in [-0.2, 0) is 0 Å². The van der Waals surface area contributed by atoms with Crippen molar-refractivity contribution < 1.29 is 0 Å². The summed E-state index contributed by atoms with van der Waals surface area (Å²) in [6.45, 7) is 10.3. The molecule has 5 nitrogen and oxygen atoms in total. The van der Waals surface area contributed by atoms with Crippen LogP contribution in [0.5, 0.6) is 0 Å². The van der Waals surface area contributed by atoms with Gasteiger partial charge in [0.15, 0.2) is 0 Å². The van der Waals surface area contributed by atoms with Gasteiger partial charge >= 0.3 is 0 Å². The molecule has 5 heteroatoms. The molecule has 0 amide bonds. The summed E-state index contributed by atoms with van der Waals surface area (Å²) in [4.78, 5) is 11.0. The van der Waals surface area contributed by atoms with Crippen molar-refractivity contribution >= 4 is 11.6 Å². The maximum absolute atomic E-state index is 5.78. The molecule has 1 heterocycles. The van der Waals surface area contributed by atoms with Crippen LogP contribution < -0.4 is 11.1 Å². The van der Waals surface area contributed by atoms with E-state index in [1.165, 1.54) is 0 Å². The minimum absolute atomic E-state index is 0.285. The molecule has 0 saturated carbocycles. The molecule has 0 fully saturated rings. The summed E-state index contributed by atoms with van der Waals surface area (Å²) < 4.78 is 0. The van der Waals surface area contributed by atoms with Crippen molar-refractivity contribution in [3.8, 4) is 0 Å². The predicted molar refractivity (Wildman–Crippen MR) is 76.8 cm³/mol. The molecule has 0 aromatic carbocycles. The van der Waals surface area contributed by atoms with Crippen molar-refractivity contribution in [3.05, 3.63) is 11.9 Å². The van der Waals surface area contributed by atoms with E-state index < -0.39 is 0 Å². The third kappa shape index (κ3) is 4.49. The first-order chi connectivity index (χ1) is 8.40. The van der Waals surface area contributed by atoms with E-state index in [9.17, 15) is 0 Å². The van der Waals surface area contributed by atoms with Crippen LogP contribution in [0.15, 0.2) is 6.07 Å². The molecule has 18 heavy (non-hydrogen) atoms. The second-order valence-electron chi connectivity index (χ2n) is 5.19. The summed E-state index contributed by atoms with van der Waals surface area (Å²) >= 11 is 0. The largest absolute Gasteiger partial charge is 0.384 e. The molecule has 0 saturated heterocycles. The monoisotopic (exact) mass is 251 g/mol. The molecule has 1 aromatic heterocycles. The van der Waals surface area contributed by atoms with Gasteiger partial charge in [-0.1, -0.05) is 13.8 Å². The molecule has 102 valence electrons. The normalized spacial score (nSPS) is 11.6. The fourth-order valence-corrected chi connectivity index (χ4v) is 1.45. The summed E-state index contributed by atoms with van der Waals surface area (Å²) in [7, 11) is 2.11. The van der Waals surface area contributed by atoms with Gasteiger partial charge in [-0.25, -0.2) is 9.97 Å². The lowest BCUT2D eigenvalue weighted by Gasteiger charge is -2.21. The topological polar surface area (TPSA) is 67.1 Å². The van der Waals surface area contributed by atoms with Gasteiger partial charge in [-0.05, 0) is 20.9 Å². The molecule has 0 aliphatic rings. The van der Waals surface area contributed by atoms with Crippen molar-refractivity contribution in [1.29, 1.82) is 0 Å². The number of nitrogen functional groups attached to an aromatic ring is 1. The summed E-state index contributed by atoms with van der Waals surface area (Å²) in [6, 6.07) is 2.33. The zero-order valence-corrected chi connectivity index (χ0v) is 12.1. The van der Waals surface area contributed by atoms with Gasteiger partial charge in [0.25, 0.3) is 0 Å². The Hall–Kier alpha value is -1.36. The first kappa shape index (κ1) is 14.7. The average Bonchev–Trinajstić information content (AvgIpc) is 2.27. The van der Waals surface area contributed by atoms with Crippen LogP contribution in [0.3, 0.4) is 0 Å². The summed E-state index contributed by atoms with van der Waals surface area (Å²) in [6.07, 6.45) is 0. The van der Waals surface area contributed by atoms with E-state index in [-0.39, 0.29) is 5.92 Å². The Morgan fingerprint density at radius 2 is 1.94 bits per heavy atom. The van der Waals surface area contributed by atoms with Crippen LogP contribution in [0, 0.1) is 0 Å². The Bertz CT molecular complexity index is 376. The average molecular weight is 251 g/mol. The van der Waals surface area contributed by atoms with E-state index >= 15 is 0 Å². The summed E-state index contributed by atoms with van der Waals surface area (Å²) in [5.74, 6) is 2.40. The van der Waals surface area contributed by atoms with Gasteiger partial charge in [0.2, 0.25) is 0 Å². The molecule has 0 radical (unpaired) electrons. The lowest BCUT2D eigenvalue weighted by molar-refractivity contribution is 0.284. The molecule has 0 atom stereocenters. The number of nitrogens with two attached hydrogens (primary N) is 1. The maximum Gasteiger partial charge on any atom is 0.135 e. The molecule has 1 rings (SSSR count). The molecule has 0 unspecified atom stereocenters. The third-order valence-corrected chi connectivity index (χ3v) is 2.93. The van der Waals surface area contributed by atoms with Crippen LogP contribution in [0.4, 0.5) is 11.6 Å². The third-order valence-electron chi connectivity index (χ3n) is 2.93. The SMILES string of the molecule is CC(C)c1nc(N)cc(NCCN(C)C(C)C)n1. The number of hydrogen-bond acceptors (Lipinski definition) is 5. The summed E-state index contributed by atoms with van der Waals surface area (Å²) in [5, 5.41) is 3.29. The Morgan fingerprint density at radius 1 is 1.28 bits per heavy atom. The zero-order valence-electron chi connectivity index (χ0n) is 12.1. The highest BCUT2D eigenvalue weighted by molar-refractivity contribution is 5.44. The van der Waals surface area contributed by atoms with Crippen molar-refractivity contribution in [3.63, 3.8) is 0 Å². The van der Waals surface area contributed by atoms with E-state index in [1.807, 2.05) is 0 Å². The number of nitrogens with one attached hydrogen (secondary N) is 1. The van der Waals surface area contributed by atoms with Crippen LogP contribution in [-0.4, -0.2) is 41.0 Å². The Kier molecular flexibility index (Phi) is 5.34. The Morgan fingerprint density at radius 3 is 2.50 bits per heavy atom. The summed E-state index contributed by atoms with van der Waals surface area (Å²) in [5.41, 5.74) is 5.78. The molecule has 1 aromatic rings. The number of hydrogen-bond donors (Lipinski definition) is 2. The Labute approximate surface area is 110 Å².